The highest BCUT2D eigenvalue weighted by atomic mass is 35.5. The normalized spacial score (nSPS) is 14.7. The van der Waals surface area contributed by atoms with Crippen LogP contribution in [-0.2, 0) is 11.3 Å². The van der Waals surface area contributed by atoms with Crippen molar-refractivity contribution in [1.82, 2.24) is 9.80 Å². The SMILES string of the molecule is Cc1cccc([N+](=O)[O-])c1OCC(=O)N1CCN(Cc2ccc(Cl)cc2)CC1. The molecule has 0 aliphatic carbocycles. The number of nitrogens with zero attached hydrogens (tertiary/aromatic N) is 3. The molecule has 1 aliphatic rings. The quantitative estimate of drug-likeness (QED) is 0.546. The molecule has 1 heterocycles. The number of amides is 1. The standard InChI is InChI=1S/C20H22ClN3O4/c1-15-3-2-4-18(24(26)27)20(15)28-14-19(25)23-11-9-22(10-12-23)13-16-5-7-17(21)8-6-16/h2-8H,9-14H2,1H3. The second-order valence-corrected chi connectivity index (χ2v) is 7.19. The molecule has 0 radical (unpaired) electrons. The van der Waals surface area contributed by atoms with E-state index in [1.54, 1.807) is 24.0 Å². The second kappa shape index (κ2) is 9.03. The fraction of sp³-hybridized carbons (Fsp3) is 0.350. The van der Waals surface area contributed by atoms with Crippen LogP contribution in [0.1, 0.15) is 11.1 Å². The number of hydrogen-bond acceptors (Lipinski definition) is 5. The summed E-state index contributed by atoms with van der Waals surface area (Å²) in [6.07, 6.45) is 0. The predicted octanol–water partition coefficient (Wildman–Crippen LogP) is 3.28. The summed E-state index contributed by atoms with van der Waals surface area (Å²) in [6.45, 7) is 5.06. The molecule has 148 valence electrons. The van der Waals surface area contributed by atoms with Crippen molar-refractivity contribution in [1.29, 1.82) is 0 Å². The number of hydrogen-bond donors (Lipinski definition) is 0. The van der Waals surface area contributed by atoms with Crippen molar-refractivity contribution in [2.75, 3.05) is 32.8 Å². The van der Waals surface area contributed by atoms with Crippen molar-refractivity contribution in [2.24, 2.45) is 0 Å². The molecule has 2 aromatic rings. The first-order valence-electron chi connectivity index (χ1n) is 9.05. The van der Waals surface area contributed by atoms with E-state index in [-0.39, 0.29) is 24.0 Å². The highest BCUT2D eigenvalue weighted by molar-refractivity contribution is 6.30. The molecule has 1 saturated heterocycles. The number of rotatable bonds is 6. The van der Waals surface area contributed by atoms with Gasteiger partial charge in [0, 0.05) is 43.8 Å². The number of carbonyl (C=O) groups excluding carboxylic acids is 1. The van der Waals surface area contributed by atoms with Gasteiger partial charge in [-0.25, -0.2) is 0 Å². The molecule has 1 amide bonds. The maximum absolute atomic E-state index is 12.5. The van der Waals surface area contributed by atoms with E-state index in [9.17, 15) is 14.9 Å². The molecule has 1 fully saturated rings. The lowest BCUT2D eigenvalue weighted by atomic mass is 10.2. The molecule has 0 saturated carbocycles. The predicted molar refractivity (Wildman–Crippen MR) is 107 cm³/mol. The number of aryl methyl sites for hydroxylation is 1. The molecule has 0 spiro atoms. The highest BCUT2D eigenvalue weighted by Gasteiger charge is 2.23. The van der Waals surface area contributed by atoms with E-state index in [0.717, 1.165) is 19.6 Å². The van der Waals surface area contributed by atoms with Crippen LogP contribution in [0.15, 0.2) is 42.5 Å². The summed E-state index contributed by atoms with van der Waals surface area (Å²) in [5, 5.41) is 11.9. The van der Waals surface area contributed by atoms with Gasteiger partial charge in [0.05, 0.1) is 4.92 Å². The molecule has 1 aliphatic heterocycles. The van der Waals surface area contributed by atoms with Crippen molar-refractivity contribution >= 4 is 23.2 Å². The lowest BCUT2D eigenvalue weighted by Crippen LogP contribution is -2.49. The van der Waals surface area contributed by atoms with E-state index in [4.69, 9.17) is 16.3 Å². The number of nitro groups is 1. The van der Waals surface area contributed by atoms with Gasteiger partial charge in [-0.2, -0.15) is 0 Å². The Bertz CT molecular complexity index is 849. The Morgan fingerprint density at radius 3 is 2.46 bits per heavy atom. The molecular weight excluding hydrogens is 382 g/mol. The molecular formula is C20H22ClN3O4. The van der Waals surface area contributed by atoms with E-state index in [1.807, 2.05) is 24.3 Å². The molecule has 3 rings (SSSR count). The molecule has 8 heteroatoms. The zero-order valence-electron chi connectivity index (χ0n) is 15.6. The largest absolute Gasteiger partial charge is 0.477 e. The summed E-state index contributed by atoms with van der Waals surface area (Å²) in [4.78, 5) is 27.1. The summed E-state index contributed by atoms with van der Waals surface area (Å²) < 4.78 is 5.52. The lowest BCUT2D eigenvalue weighted by molar-refractivity contribution is -0.385. The van der Waals surface area contributed by atoms with Gasteiger partial charge >= 0.3 is 5.69 Å². The number of ether oxygens (including phenoxy) is 1. The van der Waals surface area contributed by atoms with Crippen molar-refractivity contribution in [3.05, 3.63) is 68.7 Å². The zero-order valence-corrected chi connectivity index (χ0v) is 16.4. The van der Waals surface area contributed by atoms with Crippen LogP contribution in [0.5, 0.6) is 5.75 Å². The third-order valence-electron chi connectivity index (χ3n) is 4.77. The summed E-state index contributed by atoms with van der Waals surface area (Å²) in [6, 6.07) is 12.5. The van der Waals surface area contributed by atoms with Gasteiger partial charge in [-0.3, -0.25) is 19.8 Å². The fourth-order valence-electron chi connectivity index (χ4n) is 3.20. The fourth-order valence-corrected chi connectivity index (χ4v) is 3.32. The van der Waals surface area contributed by atoms with Gasteiger partial charge in [-0.05, 0) is 30.2 Å². The Hall–Kier alpha value is -2.64. The lowest BCUT2D eigenvalue weighted by Gasteiger charge is -2.34. The minimum absolute atomic E-state index is 0.124. The monoisotopic (exact) mass is 403 g/mol. The Morgan fingerprint density at radius 2 is 1.82 bits per heavy atom. The van der Waals surface area contributed by atoms with Gasteiger partial charge < -0.3 is 9.64 Å². The first-order chi connectivity index (χ1) is 13.4. The third-order valence-corrected chi connectivity index (χ3v) is 5.02. The van der Waals surface area contributed by atoms with Gasteiger partial charge in [-0.15, -0.1) is 0 Å². The number of benzene rings is 2. The highest BCUT2D eigenvalue weighted by Crippen LogP contribution is 2.30. The first-order valence-corrected chi connectivity index (χ1v) is 9.43. The molecule has 0 N–H and O–H groups in total. The molecule has 0 bridgehead atoms. The van der Waals surface area contributed by atoms with Gasteiger partial charge in [0.1, 0.15) is 0 Å². The molecule has 0 aromatic heterocycles. The Kier molecular flexibility index (Phi) is 6.49. The number of halogens is 1. The summed E-state index contributed by atoms with van der Waals surface area (Å²) >= 11 is 5.91. The Morgan fingerprint density at radius 1 is 1.14 bits per heavy atom. The van der Waals surface area contributed by atoms with Crippen LogP contribution >= 0.6 is 11.6 Å². The van der Waals surface area contributed by atoms with Crippen molar-refractivity contribution in [2.45, 2.75) is 13.5 Å². The van der Waals surface area contributed by atoms with E-state index in [0.29, 0.717) is 23.7 Å². The minimum atomic E-state index is -0.498. The van der Waals surface area contributed by atoms with Crippen LogP contribution in [0, 0.1) is 17.0 Å². The van der Waals surface area contributed by atoms with Gasteiger partial charge in [-0.1, -0.05) is 35.9 Å². The number of para-hydroxylation sites is 1. The molecule has 0 atom stereocenters. The van der Waals surface area contributed by atoms with Crippen molar-refractivity contribution in [3.63, 3.8) is 0 Å². The summed E-state index contributed by atoms with van der Waals surface area (Å²) in [5.41, 5.74) is 1.69. The average Bonchev–Trinajstić information content (AvgIpc) is 2.69. The van der Waals surface area contributed by atoms with E-state index < -0.39 is 4.92 Å². The van der Waals surface area contributed by atoms with Crippen LogP contribution in [0.2, 0.25) is 5.02 Å². The maximum Gasteiger partial charge on any atom is 0.311 e. The summed E-state index contributed by atoms with van der Waals surface area (Å²) in [7, 11) is 0. The Labute approximate surface area is 168 Å². The van der Waals surface area contributed by atoms with Crippen molar-refractivity contribution < 1.29 is 14.5 Å². The first kappa shape index (κ1) is 20.1. The van der Waals surface area contributed by atoms with Crippen LogP contribution in [0.4, 0.5) is 5.69 Å². The topological polar surface area (TPSA) is 75.9 Å². The van der Waals surface area contributed by atoms with Gasteiger partial charge in [0.25, 0.3) is 5.91 Å². The van der Waals surface area contributed by atoms with E-state index >= 15 is 0 Å². The zero-order chi connectivity index (χ0) is 20.1. The second-order valence-electron chi connectivity index (χ2n) is 6.75. The molecule has 28 heavy (non-hydrogen) atoms. The van der Waals surface area contributed by atoms with Crippen LogP contribution in [0.25, 0.3) is 0 Å². The summed E-state index contributed by atoms with van der Waals surface area (Å²) in [5.74, 6) is -0.00841. The average molecular weight is 404 g/mol. The van der Waals surface area contributed by atoms with E-state index in [1.165, 1.54) is 11.6 Å². The minimum Gasteiger partial charge on any atom is -0.477 e. The number of carbonyl (C=O) groups is 1. The molecule has 2 aromatic carbocycles. The van der Waals surface area contributed by atoms with Crippen LogP contribution in [0.3, 0.4) is 0 Å². The molecule has 7 nitrogen and oxygen atoms in total. The maximum atomic E-state index is 12.5. The van der Waals surface area contributed by atoms with Gasteiger partial charge in [0.15, 0.2) is 6.61 Å². The smallest absolute Gasteiger partial charge is 0.311 e. The van der Waals surface area contributed by atoms with Crippen molar-refractivity contribution in [3.8, 4) is 5.75 Å². The Balaban J connectivity index is 1.51. The molecule has 0 unspecified atom stereocenters. The third kappa shape index (κ3) is 4.99. The van der Waals surface area contributed by atoms with Gasteiger partial charge in [0.2, 0.25) is 5.75 Å². The number of nitro benzene ring substituents is 1. The number of piperazine rings is 1. The van der Waals surface area contributed by atoms with E-state index in [2.05, 4.69) is 4.90 Å². The van der Waals surface area contributed by atoms with Crippen LogP contribution < -0.4 is 4.74 Å². The van der Waals surface area contributed by atoms with Crippen LogP contribution in [-0.4, -0.2) is 53.4 Å².